The van der Waals surface area contributed by atoms with Crippen LogP contribution in [0.3, 0.4) is 0 Å². The Kier molecular flexibility index (Phi) is 6.22. The molecule has 1 unspecified atom stereocenters. The first kappa shape index (κ1) is 16.2. The maximum atomic E-state index is 11.8. The minimum atomic E-state index is -0.832. The van der Waals surface area contributed by atoms with E-state index < -0.39 is 5.97 Å². The average molecular weight is 277 g/mol. The van der Waals surface area contributed by atoms with Crippen molar-refractivity contribution >= 4 is 11.9 Å². The highest BCUT2D eigenvalue weighted by atomic mass is 16.4. The van der Waals surface area contributed by atoms with E-state index >= 15 is 0 Å². The van der Waals surface area contributed by atoms with Gasteiger partial charge >= 0.3 is 5.97 Å². The number of benzene rings is 1. The van der Waals surface area contributed by atoms with Crippen molar-refractivity contribution in [1.29, 1.82) is 0 Å². The Morgan fingerprint density at radius 1 is 1.25 bits per heavy atom. The van der Waals surface area contributed by atoms with E-state index in [1.165, 1.54) is 16.7 Å². The summed E-state index contributed by atoms with van der Waals surface area (Å²) in [6, 6.07) is 6.13. The summed E-state index contributed by atoms with van der Waals surface area (Å²) in [6.07, 6.45) is 1.69. The second-order valence-electron chi connectivity index (χ2n) is 5.33. The summed E-state index contributed by atoms with van der Waals surface area (Å²) in [4.78, 5) is 22.2. The molecule has 1 aromatic rings. The Balaban J connectivity index is 2.37. The quantitative estimate of drug-likeness (QED) is 0.805. The van der Waals surface area contributed by atoms with Crippen LogP contribution in [-0.2, 0) is 16.0 Å². The molecule has 1 atom stereocenters. The van der Waals surface area contributed by atoms with Crippen LogP contribution in [0.1, 0.15) is 42.9 Å². The van der Waals surface area contributed by atoms with Crippen molar-refractivity contribution in [3.63, 3.8) is 0 Å². The number of carboxylic acids is 1. The molecular formula is C16H23NO3. The number of aliphatic carboxylic acids is 1. The van der Waals surface area contributed by atoms with Gasteiger partial charge in [0.15, 0.2) is 0 Å². The van der Waals surface area contributed by atoms with Gasteiger partial charge in [0.05, 0.1) is 0 Å². The van der Waals surface area contributed by atoms with Gasteiger partial charge in [-0.3, -0.25) is 9.59 Å². The van der Waals surface area contributed by atoms with E-state index in [0.717, 1.165) is 0 Å². The van der Waals surface area contributed by atoms with Crippen LogP contribution in [0.5, 0.6) is 0 Å². The Morgan fingerprint density at radius 2 is 1.95 bits per heavy atom. The number of hydrogen-bond donors (Lipinski definition) is 2. The lowest BCUT2D eigenvalue weighted by Crippen LogP contribution is -2.33. The SMILES string of the molecule is Cc1ccc(CCC(=O)NC(C)CCC(=O)O)c(C)c1. The van der Waals surface area contributed by atoms with E-state index in [-0.39, 0.29) is 18.4 Å². The molecule has 0 spiro atoms. The summed E-state index contributed by atoms with van der Waals surface area (Å²) in [5.74, 6) is -0.857. The molecule has 0 heterocycles. The van der Waals surface area contributed by atoms with E-state index in [1.54, 1.807) is 0 Å². The highest BCUT2D eigenvalue weighted by molar-refractivity contribution is 5.76. The molecule has 4 heteroatoms. The molecule has 1 amide bonds. The number of carbonyl (C=O) groups is 2. The van der Waals surface area contributed by atoms with Gasteiger partial charge in [0, 0.05) is 18.9 Å². The van der Waals surface area contributed by atoms with Crippen LogP contribution in [0, 0.1) is 13.8 Å². The zero-order chi connectivity index (χ0) is 15.1. The minimum absolute atomic E-state index is 0.0251. The molecule has 0 aliphatic heterocycles. The first-order chi connectivity index (χ1) is 9.38. The number of hydrogen-bond acceptors (Lipinski definition) is 2. The topological polar surface area (TPSA) is 66.4 Å². The maximum absolute atomic E-state index is 11.8. The monoisotopic (exact) mass is 277 g/mol. The fourth-order valence-electron chi connectivity index (χ4n) is 2.13. The molecular weight excluding hydrogens is 254 g/mol. The van der Waals surface area contributed by atoms with Gasteiger partial charge in [0.2, 0.25) is 5.91 Å². The fourth-order valence-corrected chi connectivity index (χ4v) is 2.13. The number of carboxylic acid groups (broad SMARTS) is 1. The van der Waals surface area contributed by atoms with Crippen molar-refractivity contribution in [3.05, 3.63) is 34.9 Å². The third kappa shape index (κ3) is 5.87. The molecule has 0 saturated carbocycles. The first-order valence-corrected chi connectivity index (χ1v) is 6.95. The highest BCUT2D eigenvalue weighted by Gasteiger charge is 2.10. The molecule has 2 N–H and O–H groups in total. The van der Waals surface area contributed by atoms with Gasteiger partial charge in [-0.2, -0.15) is 0 Å². The Hall–Kier alpha value is -1.84. The Labute approximate surface area is 120 Å². The number of rotatable bonds is 7. The number of carbonyl (C=O) groups excluding carboxylic acids is 1. The number of nitrogens with one attached hydrogen (secondary N) is 1. The van der Waals surface area contributed by atoms with E-state index in [1.807, 2.05) is 13.8 Å². The van der Waals surface area contributed by atoms with Crippen molar-refractivity contribution in [2.45, 2.75) is 52.5 Å². The summed E-state index contributed by atoms with van der Waals surface area (Å²) >= 11 is 0. The third-order valence-electron chi connectivity index (χ3n) is 3.32. The van der Waals surface area contributed by atoms with Crippen LogP contribution >= 0.6 is 0 Å². The summed E-state index contributed by atoms with van der Waals surface area (Å²) in [6.45, 7) is 5.93. The molecule has 0 saturated heterocycles. The molecule has 0 aliphatic rings. The van der Waals surface area contributed by atoms with Gasteiger partial charge in [-0.05, 0) is 44.7 Å². The molecule has 0 aromatic heterocycles. The average Bonchev–Trinajstić information content (AvgIpc) is 2.35. The Morgan fingerprint density at radius 3 is 2.55 bits per heavy atom. The van der Waals surface area contributed by atoms with Crippen molar-refractivity contribution in [1.82, 2.24) is 5.32 Å². The molecule has 0 fully saturated rings. The summed E-state index contributed by atoms with van der Waals surface area (Å²) in [5.41, 5.74) is 3.61. The normalized spacial score (nSPS) is 11.9. The molecule has 1 rings (SSSR count). The first-order valence-electron chi connectivity index (χ1n) is 6.95. The van der Waals surface area contributed by atoms with E-state index in [9.17, 15) is 9.59 Å². The molecule has 0 aliphatic carbocycles. The number of aryl methyl sites for hydroxylation is 3. The summed E-state index contributed by atoms with van der Waals surface area (Å²) < 4.78 is 0. The smallest absolute Gasteiger partial charge is 0.303 e. The van der Waals surface area contributed by atoms with Gasteiger partial charge in [-0.25, -0.2) is 0 Å². The largest absolute Gasteiger partial charge is 0.481 e. The van der Waals surface area contributed by atoms with Crippen LogP contribution in [0.4, 0.5) is 0 Å². The predicted molar refractivity (Wildman–Crippen MR) is 78.7 cm³/mol. The second kappa shape index (κ2) is 7.68. The molecule has 0 bridgehead atoms. The number of amides is 1. The highest BCUT2D eigenvalue weighted by Crippen LogP contribution is 2.12. The Bertz CT molecular complexity index is 483. The van der Waals surface area contributed by atoms with Gasteiger partial charge < -0.3 is 10.4 Å². The van der Waals surface area contributed by atoms with Crippen molar-refractivity contribution in [2.24, 2.45) is 0 Å². The van der Waals surface area contributed by atoms with Crippen molar-refractivity contribution in [2.75, 3.05) is 0 Å². The van der Waals surface area contributed by atoms with Gasteiger partial charge in [-0.1, -0.05) is 23.8 Å². The zero-order valence-corrected chi connectivity index (χ0v) is 12.4. The lowest BCUT2D eigenvalue weighted by atomic mass is 10.0. The lowest BCUT2D eigenvalue weighted by molar-refractivity contribution is -0.137. The standard InChI is InChI=1S/C16H23NO3/c1-11-4-6-14(12(2)10-11)7-8-15(18)17-13(3)5-9-16(19)20/h4,6,10,13H,5,7-9H2,1-3H3,(H,17,18)(H,19,20). The maximum Gasteiger partial charge on any atom is 0.303 e. The van der Waals surface area contributed by atoms with Crippen LogP contribution in [0.25, 0.3) is 0 Å². The summed E-state index contributed by atoms with van der Waals surface area (Å²) in [5, 5.41) is 11.4. The fraction of sp³-hybridized carbons (Fsp3) is 0.500. The molecule has 1 aromatic carbocycles. The van der Waals surface area contributed by atoms with Crippen molar-refractivity contribution < 1.29 is 14.7 Å². The van der Waals surface area contributed by atoms with Gasteiger partial charge in [-0.15, -0.1) is 0 Å². The third-order valence-corrected chi connectivity index (χ3v) is 3.32. The summed E-state index contributed by atoms with van der Waals surface area (Å²) in [7, 11) is 0. The molecule has 0 radical (unpaired) electrons. The minimum Gasteiger partial charge on any atom is -0.481 e. The van der Waals surface area contributed by atoms with Crippen LogP contribution < -0.4 is 5.32 Å². The zero-order valence-electron chi connectivity index (χ0n) is 12.4. The van der Waals surface area contributed by atoms with E-state index in [2.05, 4.69) is 30.4 Å². The van der Waals surface area contributed by atoms with E-state index in [4.69, 9.17) is 5.11 Å². The van der Waals surface area contributed by atoms with Crippen LogP contribution in [0.2, 0.25) is 0 Å². The van der Waals surface area contributed by atoms with Crippen LogP contribution in [-0.4, -0.2) is 23.0 Å². The van der Waals surface area contributed by atoms with Crippen molar-refractivity contribution in [3.8, 4) is 0 Å². The lowest BCUT2D eigenvalue weighted by Gasteiger charge is -2.13. The molecule has 110 valence electrons. The van der Waals surface area contributed by atoms with E-state index in [0.29, 0.717) is 19.3 Å². The predicted octanol–water partition coefficient (Wildman–Crippen LogP) is 2.61. The molecule has 4 nitrogen and oxygen atoms in total. The molecule has 20 heavy (non-hydrogen) atoms. The second-order valence-corrected chi connectivity index (χ2v) is 5.33. The van der Waals surface area contributed by atoms with Gasteiger partial charge in [0.25, 0.3) is 0 Å². The van der Waals surface area contributed by atoms with Crippen LogP contribution in [0.15, 0.2) is 18.2 Å². The van der Waals surface area contributed by atoms with Gasteiger partial charge in [0.1, 0.15) is 0 Å².